The number of nitrogens with one attached hydrogen (secondary N) is 1. The van der Waals surface area contributed by atoms with Gasteiger partial charge in [0.25, 0.3) is 0 Å². The van der Waals surface area contributed by atoms with Crippen LogP contribution >= 0.6 is 11.8 Å². The summed E-state index contributed by atoms with van der Waals surface area (Å²) in [5, 5.41) is 9.09. The molecule has 2 rings (SSSR count). The van der Waals surface area contributed by atoms with E-state index in [9.17, 15) is 8.78 Å². The van der Waals surface area contributed by atoms with Crippen LogP contribution in [0.25, 0.3) is 11.0 Å². The second kappa shape index (κ2) is 6.12. The molecular weight excluding hydrogens is 262 g/mol. The monoisotopic (exact) mass is 274 g/mol. The average Bonchev–Trinajstić information content (AvgIpc) is 2.71. The van der Waals surface area contributed by atoms with Crippen LogP contribution in [-0.4, -0.2) is 40.6 Å². The van der Waals surface area contributed by atoms with E-state index in [-0.39, 0.29) is 6.61 Å². The molecule has 0 amide bonds. The quantitative estimate of drug-likeness (QED) is 0.624. The molecule has 2 aromatic rings. The van der Waals surface area contributed by atoms with Crippen LogP contribution in [0.1, 0.15) is 0 Å². The maximum absolute atomic E-state index is 13.0. The van der Waals surface area contributed by atoms with Gasteiger partial charge in [-0.3, -0.25) is 0 Å². The Morgan fingerprint density at radius 3 is 2.83 bits per heavy atom. The number of hydrogen-bond donors (Lipinski definition) is 2. The molecule has 0 saturated carbocycles. The Morgan fingerprint density at radius 2 is 2.06 bits per heavy atom. The van der Waals surface area contributed by atoms with Crippen LogP contribution in [0.4, 0.5) is 8.78 Å². The summed E-state index contributed by atoms with van der Waals surface area (Å²) in [5.41, 5.74) is 0.861. The van der Waals surface area contributed by atoms with Crippen molar-refractivity contribution in [3.63, 3.8) is 0 Å². The number of nitrogens with zero attached hydrogens (tertiary/aromatic N) is 1. The Bertz CT molecular complexity index is 494. The van der Waals surface area contributed by atoms with Crippen LogP contribution in [0.5, 0.6) is 0 Å². The van der Waals surface area contributed by atoms with Crippen LogP contribution in [0.2, 0.25) is 0 Å². The van der Waals surface area contributed by atoms with E-state index in [1.807, 2.05) is 0 Å². The topological polar surface area (TPSA) is 58.1 Å². The number of aliphatic hydroxyl groups excluding tert-OH is 1. The zero-order chi connectivity index (χ0) is 13.0. The van der Waals surface area contributed by atoms with Crippen molar-refractivity contribution in [2.45, 2.75) is 5.16 Å². The van der Waals surface area contributed by atoms with E-state index in [0.29, 0.717) is 35.2 Å². The number of imidazole rings is 1. The Balaban J connectivity index is 1.97. The van der Waals surface area contributed by atoms with Crippen LogP contribution in [0, 0.1) is 11.6 Å². The Morgan fingerprint density at radius 1 is 1.28 bits per heavy atom. The number of thioether (sulfide) groups is 1. The second-order valence-corrected chi connectivity index (χ2v) is 4.59. The molecular formula is C11H12F2N2O2S. The van der Waals surface area contributed by atoms with Gasteiger partial charge in [0.15, 0.2) is 16.8 Å². The fourth-order valence-corrected chi connectivity index (χ4v) is 2.15. The van der Waals surface area contributed by atoms with Gasteiger partial charge in [0.2, 0.25) is 0 Å². The van der Waals surface area contributed by atoms with Crippen molar-refractivity contribution >= 4 is 22.8 Å². The summed E-state index contributed by atoms with van der Waals surface area (Å²) in [4.78, 5) is 7.02. The molecule has 2 N–H and O–H groups in total. The van der Waals surface area contributed by atoms with Crippen molar-refractivity contribution < 1.29 is 18.6 Å². The molecule has 0 bridgehead atoms. The van der Waals surface area contributed by atoms with Crippen LogP contribution in [-0.2, 0) is 4.74 Å². The predicted octanol–water partition coefficient (Wildman–Crippen LogP) is 1.94. The van der Waals surface area contributed by atoms with Gasteiger partial charge in [-0.1, -0.05) is 11.8 Å². The minimum Gasteiger partial charge on any atom is -0.394 e. The largest absolute Gasteiger partial charge is 0.394 e. The van der Waals surface area contributed by atoms with Crippen molar-refractivity contribution in [2.75, 3.05) is 25.6 Å². The molecule has 0 spiro atoms. The number of fused-ring (bicyclic) bond motifs is 1. The molecule has 0 aliphatic rings. The first-order valence-corrected chi connectivity index (χ1v) is 6.35. The van der Waals surface area contributed by atoms with Gasteiger partial charge in [-0.25, -0.2) is 13.8 Å². The van der Waals surface area contributed by atoms with Gasteiger partial charge in [0, 0.05) is 17.9 Å². The Kier molecular flexibility index (Phi) is 4.51. The SMILES string of the molecule is OCCOCCSc1nc2cc(F)c(F)cc2[nH]1. The first-order chi connectivity index (χ1) is 8.70. The fraction of sp³-hybridized carbons (Fsp3) is 0.364. The van der Waals surface area contributed by atoms with E-state index in [0.717, 1.165) is 12.1 Å². The summed E-state index contributed by atoms with van der Waals surface area (Å²) in [5.74, 6) is -1.16. The summed E-state index contributed by atoms with van der Waals surface area (Å²) < 4.78 is 31.0. The summed E-state index contributed by atoms with van der Waals surface area (Å²) in [6, 6.07) is 2.15. The number of H-pyrrole nitrogens is 1. The first kappa shape index (κ1) is 13.3. The van der Waals surface area contributed by atoms with Crippen LogP contribution < -0.4 is 0 Å². The average molecular weight is 274 g/mol. The normalized spacial score (nSPS) is 11.3. The molecule has 0 aliphatic carbocycles. The number of rotatable bonds is 6. The van der Waals surface area contributed by atoms with Crippen LogP contribution in [0.3, 0.4) is 0 Å². The molecule has 18 heavy (non-hydrogen) atoms. The molecule has 0 radical (unpaired) electrons. The number of aromatic nitrogens is 2. The highest BCUT2D eigenvalue weighted by Gasteiger charge is 2.08. The van der Waals surface area contributed by atoms with Crippen molar-refractivity contribution in [3.05, 3.63) is 23.8 Å². The van der Waals surface area contributed by atoms with Gasteiger partial charge < -0.3 is 14.8 Å². The Hall–Kier alpha value is -1.18. The second-order valence-electron chi connectivity index (χ2n) is 3.51. The Labute approximate surface area is 106 Å². The molecule has 0 unspecified atom stereocenters. The van der Waals surface area contributed by atoms with E-state index >= 15 is 0 Å². The zero-order valence-corrected chi connectivity index (χ0v) is 10.3. The van der Waals surface area contributed by atoms with Crippen LogP contribution in [0.15, 0.2) is 17.3 Å². The summed E-state index contributed by atoms with van der Waals surface area (Å²) in [7, 11) is 0. The van der Waals surface area contributed by atoms with Gasteiger partial charge in [0.1, 0.15) is 0 Å². The molecule has 0 aliphatic heterocycles. The third-order valence-corrected chi connectivity index (χ3v) is 3.04. The van der Waals surface area contributed by atoms with E-state index < -0.39 is 11.6 Å². The van der Waals surface area contributed by atoms with Gasteiger partial charge >= 0.3 is 0 Å². The molecule has 98 valence electrons. The van der Waals surface area contributed by atoms with Crippen molar-refractivity contribution in [3.8, 4) is 0 Å². The summed E-state index contributed by atoms with van der Waals surface area (Å²) >= 11 is 1.39. The smallest absolute Gasteiger partial charge is 0.166 e. The number of aliphatic hydroxyl groups is 1. The molecule has 7 heteroatoms. The molecule has 1 aromatic heterocycles. The molecule has 0 saturated heterocycles. The van der Waals surface area contributed by atoms with Gasteiger partial charge in [-0.2, -0.15) is 0 Å². The highest BCUT2D eigenvalue weighted by molar-refractivity contribution is 7.99. The first-order valence-electron chi connectivity index (χ1n) is 5.37. The summed E-state index contributed by atoms with van der Waals surface area (Å²) in [6.45, 7) is 0.774. The van der Waals surface area contributed by atoms with Crippen molar-refractivity contribution in [2.24, 2.45) is 0 Å². The molecule has 1 aromatic carbocycles. The lowest BCUT2D eigenvalue weighted by Crippen LogP contribution is -2.02. The fourth-order valence-electron chi connectivity index (χ4n) is 1.41. The minimum atomic E-state index is -0.906. The number of hydrogen-bond acceptors (Lipinski definition) is 4. The van der Waals surface area contributed by atoms with E-state index in [4.69, 9.17) is 9.84 Å². The highest BCUT2D eigenvalue weighted by atomic mass is 32.2. The number of aromatic amines is 1. The maximum Gasteiger partial charge on any atom is 0.166 e. The maximum atomic E-state index is 13.0. The lowest BCUT2D eigenvalue weighted by molar-refractivity contribution is 0.103. The van der Waals surface area contributed by atoms with E-state index in [1.165, 1.54) is 11.8 Å². The standard InChI is InChI=1S/C11H12F2N2O2S/c12-7-5-9-10(6-8(7)13)15-11(14-9)18-4-3-17-2-1-16/h5-6,16H,1-4H2,(H,14,15). The third-order valence-electron chi connectivity index (χ3n) is 2.20. The molecule has 0 fully saturated rings. The molecule has 1 heterocycles. The molecule has 4 nitrogen and oxygen atoms in total. The van der Waals surface area contributed by atoms with Crippen molar-refractivity contribution in [1.82, 2.24) is 9.97 Å². The minimum absolute atomic E-state index is 0.00609. The van der Waals surface area contributed by atoms with E-state index in [2.05, 4.69) is 9.97 Å². The van der Waals surface area contributed by atoms with E-state index in [1.54, 1.807) is 0 Å². The zero-order valence-electron chi connectivity index (χ0n) is 9.45. The number of ether oxygens (including phenoxy) is 1. The number of halogens is 2. The molecule has 0 atom stereocenters. The lowest BCUT2D eigenvalue weighted by Gasteiger charge is -1.99. The van der Waals surface area contributed by atoms with Gasteiger partial charge in [0.05, 0.1) is 30.9 Å². The highest BCUT2D eigenvalue weighted by Crippen LogP contribution is 2.21. The number of benzene rings is 1. The van der Waals surface area contributed by atoms with Gasteiger partial charge in [-0.05, 0) is 0 Å². The predicted molar refractivity (Wildman–Crippen MR) is 64.6 cm³/mol. The summed E-state index contributed by atoms with van der Waals surface area (Å²) in [6.07, 6.45) is 0. The third kappa shape index (κ3) is 3.18. The lowest BCUT2D eigenvalue weighted by atomic mass is 10.3. The van der Waals surface area contributed by atoms with Gasteiger partial charge in [-0.15, -0.1) is 0 Å². The van der Waals surface area contributed by atoms with Crippen molar-refractivity contribution in [1.29, 1.82) is 0 Å².